The molecular formula is C14H27N3O. The summed E-state index contributed by atoms with van der Waals surface area (Å²) in [5.41, 5.74) is 3.70. The molecule has 0 aliphatic carbocycles. The van der Waals surface area contributed by atoms with Crippen molar-refractivity contribution in [2.45, 2.75) is 53.6 Å². The Kier molecular flexibility index (Phi) is 4.93. The maximum absolute atomic E-state index is 9.15. The number of aliphatic hydroxyl groups excluding tert-OH is 1. The lowest BCUT2D eigenvalue weighted by molar-refractivity contribution is 0.196. The van der Waals surface area contributed by atoms with Gasteiger partial charge in [0.25, 0.3) is 0 Å². The average molecular weight is 253 g/mol. The largest absolute Gasteiger partial charge is 0.396 e. The highest BCUT2D eigenvalue weighted by Gasteiger charge is 2.24. The van der Waals surface area contributed by atoms with E-state index in [1.807, 2.05) is 18.7 Å². The van der Waals surface area contributed by atoms with Crippen LogP contribution < -0.4 is 5.32 Å². The molecule has 0 spiro atoms. The van der Waals surface area contributed by atoms with Crippen molar-refractivity contribution in [1.82, 2.24) is 15.1 Å². The second kappa shape index (κ2) is 5.85. The molecular weight excluding hydrogens is 226 g/mol. The highest BCUT2D eigenvalue weighted by Crippen LogP contribution is 2.22. The van der Waals surface area contributed by atoms with E-state index in [4.69, 9.17) is 5.11 Å². The Morgan fingerprint density at radius 1 is 1.33 bits per heavy atom. The number of hydrogen-bond donors (Lipinski definition) is 2. The molecule has 1 unspecified atom stereocenters. The highest BCUT2D eigenvalue weighted by molar-refractivity contribution is 5.24. The normalized spacial score (nSPS) is 13.9. The van der Waals surface area contributed by atoms with Gasteiger partial charge in [-0.1, -0.05) is 20.8 Å². The smallest absolute Gasteiger partial charge is 0.0641 e. The van der Waals surface area contributed by atoms with E-state index < -0.39 is 0 Å². The number of rotatable bonds is 5. The summed E-state index contributed by atoms with van der Waals surface area (Å²) in [4.78, 5) is 0. The van der Waals surface area contributed by atoms with E-state index in [0.717, 1.165) is 18.7 Å². The van der Waals surface area contributed by atoms with Gasteiger partial charge in [-0.25, -0.2) is 0 Å². The van der Waals surface area contributed by atoms with Crippen molar-refractivity contribution in [1.29, 1.82) is 0 Å². The van der Waals surface area contributed by atoms with Gasteiger partial charge in [0.15, 0.2) is 0 Å². The third-order valence-electron chi connectivity index (χ3n) is 3.65. The molecule has 1 rings (SSSR count). The topological polar surface area (TPSA) is 50.1 Å². The van der Waals surface area contributed by atoms with Crippen molar-refractivity contribution < 1.29 is 5.11 Å². The summed E-state index contributed by atoms with van der Waals surface area (Å²) in [6.45, 7) is 11.8. The molecule has 18 heavy (non-hydrogen) atoms. The van der Waals surface area contributed by atoms with Crippen molar-refractivity contribution in [3.8, 4) is 0 Å². The summed E-state index contributed by atoms with van der Waals surface area (Å²) >= 11 is 0. The fourth-order valence-electron chi connectivity index (χ4n) is 2.27. The van der Waals surface area contributed by atoms with Crippen LogP contribution in [0.5, 0.6) is 0 Å². The molecule has 0 aliphatic heterocycles. The summed E-state index contributed by atoms with van der Waals surface area (Å²) in [6.07, 6.45) is 0.780. The molecule has 0 saturated heterocycles. The van der Waals surface area contributed by atoms with Crippen molar-refractivity contribution in [2.24, 2.45) is 12.5 Å². The first kappa shape index (κ1) is 15.2. The van der Waals surface area contributed by atoms with Crippen LogP contribution in [0.2, 0.25) is 0 Å². The molecule has 0 amide bonds. The van der Waals surface area contributed by atoms with E-state index in [0.29, 0.717) is 6.04 Å². The minimum atomic E-state index is 0.146. The molecule has 0 bridgehead atoms. The molecule has 1 heterocycles. The number of hydrogen-bond acceptors (Lipinski definition) is 3. The highest BCUT2D eigenvalue weighted by atomic mass is 16.3. The minimum absolute atomic E-state index is 0.146. The van der Waals surface area contributed by atoms with Gasteiger partial charge in [0.1, 0.15) is 0 Å². The Morgan fingerprint density at radius 2 is 1.94 bits per heavy atom. The van der Waals surface area contributed by atoms with Crippen LogP contribution in [0, 0.1) is 19.3 Å². The van der Waals surface area contributed by atoms with Crippen LogP contribution in [-0.4, -0.2) is 27.5 Å². The lowest BCUT2D eigenvalue weighted by atomic mass is 9.85. The minimum Gasteiger partial charge on any atom is -0.396 e. The van der Waals surface area contributed by atoms with Crippen LogP contribution in [-0.2, 0) is 13.6 Å². The molecule has 2 N–H and O–H groups in total. The lowest BCUT2D eigenvalue weighted by Gasteiger charge is -2.31. The van der Waals surface area contributed by atoms with E-state index in [9.17, 15) is 0 Å². The van der Waals surface area contributed by atoms with E-state index in [1.165, 1.54) is 11.3 Å². The maximum Gasteiger partial charge on any atom is 0.0641 e. The van der Waals surface area contributed by atoms with Crippen LogP contribution >= 0.6 is 0 Å². The molecule has 1 aromatic heterocycles. The third-order valence-corrected chi connectivity index (χ3v) is 3.65. The molecule has 0 radical (unpaired) electrons. The Hall–Kier alpha value is -0.870. The SMILES string of the molecule is Cc1nn(C)c(C)c1CNC(CCO)C(C)(C)C. The third kappa shape index (κ3) is 3.56. The Balaban J connectivity index is 2.73. The van der Waals surface area contributed by atoms with Gasteiger partial charge in [0.05, 0.1) is 5.69 Å². The lowest BCUT2D eigenvalue weighted by Crippen LogP contribution is -2.40. The Bertz CT molecular complexity index is 390. The van der Waals surface area contributed by atoms with Crippen LogP contribution in [0.1, 0.15) is 44.1 Å². The fourth-order valence-corrected chi connectivity index (χ4v) is 2.27. The molecule has 0 fully saturated rings. The molecule has 4 nitrogen and oxygen atoms in total. The Labute approximate surface area is 110 Å². The first-order valence-corrected chi connectivity index (χ1v) is 6.60. The van der Waals surface area contributed by atoms with Crippen molar-refractivity contribution >= 4 is 0 Å². The van der Waals surface area contributed by atoms with Gasteiger partial charge in [0, 0.05) is 37.5 Å². The molecule has 0 saturated carbocycles. The first-order valence-electron chi connectivity index (χ1n) is 6.60. The fraction of sp³-hybridized carbons (Fsp3) is 0.786. The van der Waals surface area contributed by atoms with Crippen molar-refractivity contribution in [3.63, 3.8) is 0 Å². The second-order valence-corrected chi connectivity index (χ2v) is 6.08. The van der Waals surface area contributed by atoms with Gasteiger partial charge in [-0.05, 0) is 25.7 Å². The molecule has 1 aromatic rings. The van der Waals surface area contributed by atoms with Crippen LogP contribution in [0.4, 0.5) is 0 Å². The van der Waals surface area contributed by atoms with Crippen LogP contribution in [0.15, 0.2) is 0 Å². The quantitative estimate of drug-likeness (QED) is 0.843. The van der Waals surface area contributed by atoms with Crippen molar-refractivity contribution in [3.05, 3.63) is 17.0 Å². The molecule has 0 aromatic carbocycles. The number of aryl methyl sites for hydroxylation is 2. The molecule has 0 aliphatic rings. The number of aliphatic hydroxyl groups is 1. The predicted molar refractivity (Wildman–Crippen MR) is 74.5 cm³/mol. The van der Waals surface area contributed by atoms with Gasteiger partial charge < -0.3 is 10.4 Å². The zero-order valence-corrected chi connectivity index (χ0v) is 12.5. The number of nitrogens with one attached hydrogen (secondary N) is 1. The first-order chi connectivity index (χ1) is 8.27. The summed E-state index contributed by atoms with van der Waals surface area (Å²) in [7, 11) is 1.97. The van der Waals surface area contributed by atoms with Crippen molar-refractivity contribution in [2.75, 3.05) is 6.61 Å². The van der Waals surface area contributed by atoms with Gasteiger partial charge in [0.2, 0.25) is 0 Å². The van der Waals surface area contributed by atoms with Gasteiger partial charge >= 0.3 is 0 Å². The molecule has 4 heteroatoms. The summed E-state index contributed by atoms with van der Waals surface area (Å²) in [6, 6.07) is 0.307. The maximum atomic E-state index is 9.15. The Morgan fingerprint density at radius 3 is 2.33 bits per heavy atom. The van der Waals surface area contributed by atoms with Gasteiger partial charge in [-0.15, -0.1) is 0 Å². The summed E-state index contributed by atoms with van der Waals surface area (Å²) in [5.74, 6) is 0. The van der Waals surface area contributed by atoms with E-state index >= 15 is 0 Å². The second-order valence-electron chi connectivity index (χ2n) is 6.08. The zero-order valence-electron chi connectivity index (χ0n) is 12.5. The van der Waals surface area contributed by atoms with Crippen LogP contribution in [0.3, 0.4) is 0 Å². The number of aromatic nitrogens is 2. The van der Waals surface area contributed by atoms with Gasteiger partial charge in [-0.2, -0.15) is 5.10 Å². The molecule has 104 valence electrons. The summed E-state index contributed by atoms with van der Waals surface area (Å²) in [5, 5.41) is 17.1. The van der Waals surface area contributed by atoms with Gasteiger partial charge in [-0.3, -0.25) is 4.68 Å². The zero-order chi connectivity index (χ0) is 13.9. The summed E-state index contributed by atoms with van der Waals surface area (Å²) < 4.78 is 1.92. The number of nitrogens with zero attached hydrogens (tertiary/aromatic N) is 2. The standard InChI is InChI=1S/C14H27N3O/c1-10-12(11(2)17(6)16-10)9-15-13(7-8-18)14(3,4)5/h13,15,18H,7-9H2,1-6H3. The van der Waals surface area contributed by atoms with Crippen LogP contribution in [0.25, 0.3) is 0 Å². The van der Waals surface area contributed by atoms with E-state index in [-0.39, 0.29) is 12.0 Å². The molecule has 1 atom stereocenters. The van der Waals surface area contributed by atoms with E-state index in [2.05, 4.69) is 38.1 Å². The predicted octanol–water partition coefficient (Wildman–Crippen LogP) is 1.92. The average Bonchev–Trinajstić information content (AvgIpc) is 2.48. The monoisotopic (exact) mass is 253 g/mol. The van der Waals surface area contributed by atoms with E-state index in [1.54, 1.807) is 0 Å².